The summed E-state index contributed by atoms with van der Waals surface area (Å²) in [6.07, 6.45) is 6.80. The summed E-state index contributed by atoms with van der Waals surface area (Å²) in [7, 11) is 0. The molecule has 0 bridgehead atoms. The SMILES string of the molecule is C\C=C(Cl)/C(=C(Cl)\C=N\O)c1noc(C2CC2)c1COC1CCC(O)(c2nc3c(C)cc(C(=O)O)cc3s2)CC1. The third kappa shape index (κ3) is 5.69. The molecule has 2 aliphatic carbocycles. The van der Waals surface area contributed by atoms with Gasteiger partial charge in [-0.25, -0.2) is 9.78 Å². The lowest BCUT2D eigenvalue weighted by molar-refractivity contribution is -0.0641. The lowest BCUT2D eigenvalue weighted by atomic mass is 9.83. The molecule has 2 heterocycles. The number of aryl methyl sites for hydroxylation is 1. The second kappa shape index (κ2) is 11.6. The molecule has 0 aliphatic heterocycles. The summed E-state index contributed by atoms with van der Waals surface area (Å²) in [6, 6.07) is 3.21. The van der Waals surface area contributed by atoms with Crippen LogP contribution in [0.4, 0.5) is 0 Å². The molecule has 2 aliphatic rings. The number of hydrogen-bond acceptors (Lipinski definition) is 9. The first-order chi connectivity index (χ1) is 19.1. The Morgan fingerprint density at radius 3 is 2.62 bits per heavy atom. The molecule has 0 amide bonds. The van der Waals surface area contributed by atoms with Gasteiger partial charge in [0.15, 0.2) is 0 Å². The minimum atomic E-state index is -1.10. The van der Waals surface area contributed by atoms with Crippen LogP contribution in [0.25, 0.3) is 15.8 Å². The van der Waals surface area contributed by atoms with Crippen molar-refractivity contribution in [2.75, 3.05) is 0 Å². The van der Waals surface area contributed by atoms with Gasteiger partial charge in [0.05, 0.1) is 39.7 Å². The number of nitrogens with zero attached hydrogens (tertiary/aromatic N) is 3. The van der Waals surface area contributed by atoms with Gasteiger partial charge in [0.2, 0.25) is 0 Å². The molecule has 0 atom stereocenters. The summed E-state index contributed by atoms with van der Waals surface area (Å²) in [5, 5.41) is 38.3. The fraction of sp³-hybridized carbons (Fsp3) is 0.429. The summed E-state index contributed by atoms with van der Waals surface area (Å²) in [5.74, 6) is 0.0178. The fourth-order valence-corrected chi connectivity index (χ4v) is 6.80. The van der Waals surface area contributed by atoms with E-state index in [1.165, 1.54) is 11.3 Å². The Balaban J connectivity index is 1.33. The second-order valence-corrected chi connectivity index (χ2v) is 12.1. The van der Waals surface area contributed by atoms with E-state index in [1.807, 2.05) is 6.92 Å². The largest absolute Gasteiger partial charge is 0.478 e. The van der Waals surface area contributed by atoms with E-state index in [0.29, 0.717) is 47.0 Å². The van der Waals surface area contributed by atoms with Gasteiger partial charge in [-0.15, -0.1) is 11.3 Å². The predicted octanol–water partition coefficient (Wildman–Crippen LogP) is 7.07. The molecule has 1 aromatic carbocycles. The van der Waals surface area contributed by atoms with Gasteiger partial charge in [-0.05, 0) is 70.1 Å². The van der Waals surface area contributed by atoms with Crippen molar-refractivity contribution in [3.63, 3.8) is 0 Å². The number of oxime groups is 1. The van der Waals surface area contributed by atoms with Crippen molar-refractivity contribution in [1.82, 2.24) is 10.1 Å². The lowest BCUT2D eigenvalue weighted by Crippen LogP contribution is -2.34. The molecule has 0 radical (unpaired) electrons. The van der Waals surface area contributed by atoms with E-state index in [1.54, 1.807) is 25.1 Å². The number of aromatic carboxylic acids is 1. The Labute approximate surface area is 244 Å². The number of benzene rings is 1. The van der Waals surface area contributed by atoms with Gasteiger partial charge in [0.25, 0.3) is 0 Å². The van der Waals surface area contributed by atoms with Crippen molar-refractivity contribution in [1.29, 1.82) is 0 Å². The van der Waals surface area contributed by atoms with Gasteiger partial charge in [-0.3, -0.25) is 0 Å². The highest BCUT2D eigenvalue weighted by Crippen LogP contribution is 2.46. The number of ether oxygens (including phenoxy) is 1. The van der Waals surface area contributed by atoms with Gasteiger partial charge in [0.1, 0.15) is 22.1 Å². The molecule has 2 saturated carbocycles. The van der Waals surface area contributed by atoms with Crippen LogP contribution in [0.3, 0.4) is 0 Å². The van der Waals surface area contributed by atoms with Gasteiger partial charge >= 0.3 is 5.97 Å². The number of carbonyl (C=O) groups is 1. The van der Waals surface area contributed by atoms with Crippen LogP contribution in [-0.4, -0.2) is 43.8 Å². The van der Waals surface area contributed by atoms with Crippen LogP contribution in [0.1, 0.15) is 89.3 Å². The van der Waals surface area contributed by atoms with E-state index >= 15 is 0 Å². The molecular formula is C28H29Cl2N3O6S. The van der Waals surface area contributed by atoms with Crippen molar-refractivity contribution < 1.29 is 29.5 Å². The third-order valence-electron chi connectivity index (χ3n) is 7.46. The summed E-state index contributed by atoms with van der Waals surface area (Å²) < 4.78 is 12.8. The monoisotopic (exact) mass is 605 g/mol. The third-order valence-corrected chi connectivity index (χ3v) is 9.35. The zero-order valence-corrected chi connectivity index (χ0v) is 24.3. The van der Waals surface area contributed by atoms with Crippen molar-refractivity contribution in [3.05, 3.63) is 61.4 Å². The maximum atomic E-state index is 11.5. The van der Waals surface area contributed by atoms with Gasteiger partial charge in [-0.1, -0.05) is 39.6 Å². The Bertz CT molecular complexity index is 1530. The highest BCUT2D eigenvalue weighted by Gasteiger charge is 2.39. The standard InChI is InChI=1S/C28H29Cl2N3O6S/c1-3-19(29)22(20(30)12-31-37)24-18(25(39-33-24)15-4-5-15)13-38-17-6-8-28(36,9-7-17)27-32-23-14(2)10-16(26(34)35)11-21(23)40-27/h3,10-12,15,17,36-37H,4-9,13H2,1-2H3,(H,34,35)/b19-3+,22-20-,31-12+. The minimum absolute atomic E-state index is 0.107. The molecule has 3 N–H and O–H groups in total. The smallest absolute Gasteiger partial charge is 0.335 e. The van der Waals surface area contributed by atoms with Crippen LogP contribution < -0.4 is 0 Å². The highest BCUT2D eigenvalue weighted by molar-refractivity contribution is 7.18. The van der Waals surface area contributed by atoms with Crippen molar-refractivity contribution in [2.24, 2.45) is 5.16 Å². The average Bonchev–Trinajstić information content (AvgIpc) is 3.53. The van der Waals surface area contributed by atoms with Crippen molar-refractivity contribution in [3.8, 4) is 0 Å². The molecule has 2 fully saturated rings. The Morgan fingerprint density at radius 1 is 1.27 bits per heavy atom. The normalized spacial score (nSPS) is 22.7. The Kier molecular flexibility index (Phi) is 8.35. The van der Waals surface area contributed by atoms with E-state index < -0.39 is 11.6 Å². The van der Waals surface area contributed by atoms with Gasteiger partial charge < -0.3 is 24.7 Å². The maximum Gasteiger partial charge on any atom is 0.335 e. The van der Waals surface area contributed by atoms with Crippen LogP contribution in [-0.2, 0) is 16.9 Å². The van der Waals surface area contributed by atoms with E-state index in [-0.39, 0.29) is 29.2 Å². The summed E-state index contributed by atoms with van der Waals surface area (Å²) in [6.45, 7) is 3.82. The quantitative estimate of drug-likeness (QED) is 0.102. The number of thiazole rings is 1. The Hall–Kier alpha value is -2.76. The zero-order valence-electron chi connectivity index (χ0n) is 22.0. The highest BCUT2D eigenvalue weighted by atomic mass is 35.5. The summed E-state index contributed by atoms with van der Waals surface area (Å²) in [4.78, 5) is 16.2. The molecule has 5 rings (SSSR count). The number of hydrogen-bond donors (Lipinski definition) is 3. The molecule has 9 nitrogen and oxygen atoms in total. The first-order valence-electron chi connectivity index (χ1n) is 13.0. The van der Waals surface area contributed by atoms with Crippen LogP contribution in [0.2, 0.25) is 0 Å². The fourth-order valence-electron chi connectivity index (χ4n) is 5.09. The number of fused-ring (bicyclic) bond motifs is 1. The molecule has 212 valence electrons. The number of allylic oxidation sites excluding steroid dienone is 4. The first kappa shape index (κ1) is 28.8. The van der Waals surface area contributed by atoms with Crippen molar-refractivity contribution >= 4 is 62.5 Å². The first-order valence-corrected chi connectivity index (χ1v) is 14.6. The topological polar surface area (TPSA) is 138 Å². The molecule has 12 heteroatoms. The van der Waals surface area contributed by atoms with Crippen LogP contribution in [0.15, 0.2) is 38.0 Å². The molecule has 0 spiro atoms. The molecule has 0 saturated heterocycles. The van der Waals surface area contributed by atoms with E-state index in [0.717, 1.165) is 46.2 Å². The zero-order chi connectivity index (χ0) is 28.6. The van der Waals surface area contributed by atoms with Crippen LogP contribution >= 0.6 is 34.5 Å². The van der Waals surface area contributed by atoms with Crippen LogP contribution in [0, 0.1) is 6.92 Å². The second-order valence-electron chi connectivity index (χ2n) is 10.3. The molecule has 2 aromatic heterocycles. The van der Waals surface area contributed by atoms with E-state index in [9.17, 15) is 15.0 Å². The number of carboxylic acids is 1. The van der Waals surface area contributed by atoms with Crippen LogP contribution in [0.5, 0.6) is 0 Å². The number of halogens is 2. The average molecular weight is 607 g/mol. The van der Waals surface area contributed by atoms with Gasteiger partial charge in [-0.2, -0.15) is 0 Å². The molecule has 40 heavy (non-hydrogen) atoms. The van der Waals surface area contributed by atoms with Crippen molar-refractivity contribution in [2.45, 2.75) is 76.6 Å². The summed E-state index contributed by atoms with van der Waals surface area (Å²) in [5.41, 5.74) is 2.21. The van der Waals surface area contributed by atoms with E-state index in [4.69, 9.17) is 42.7 Å². The Morgan fingerprint density at radius 2 is 2.00 bits per heavy atom. The number of aromatic nitrogens is 2. The van der Waals surface area contributed by atoms with Gasteiger partial charge in [0, 0.05) is 22.1 Å². The predicted molar refractivity (Wildman–Crippen MR) is 153 cm³/mol. The minimum Gasteiger partial charge on any atom is -0.478 e. The van der Waals surface area contributed by atoms with E-state index in [2.05, 4.69) is 10.3 Å². The lowest BCUT2D eigenvalue weighted by Gasteiger charge is -2.34. The number of aliphatic hydroxyl groups is 1. The number of rotatable bonds is 9. The molecular weight excluding hydrogens is 577 g/mol. The summed E-state index contributed by atoms with van der Waals surface area (Å²) >= 11 is 14.2. The molecule has 3 aromatic rings. The number of carboxylic acid groups (broad SMARTS) is 1. The molecule has 0 unspecified atom stereocenters. The maximum absolute atomic E-state index is 11.5.